The highest BCUT2D eigenvalue weighted by atomic mass is 79.9. The Kier molecular flexibility index (Phi) is 3.84. The number of nitrogens with zero attached hydrogens (tertiary/aromatic N) is 1. The van der Waals surface area contributed by atoms with Crippen molar-refractivity contribution in [2.75, 3.05) is 18.1 Å². The van der Waals surface area contributed by atoms with Crippen LogP contribution in [0.15, 0.2) is 22.7 Å². The van der Waals surface area contributed by atoms with E-state index in [4.69, 9.17) is 5.11 Å². The topological polar surface area (TPSA) is 43.7 Å². The standard InChI is InChI=1S/C12H16BrNO2/c13-10-2-1-9(8-16)12(7-10)14(5-6-15)11-3-4-11/h1-2,7,11,15-16H,3-6,8H2. The second-order valence-corrected chi connectivity index (χ2v) is 4.99. The molecule has 4 heteroatoms. The molecule has 0 saturated heterocycles. The lowest BCUT2D eigenvalue weighted by Gasteiger charge is -2.26. The van der Waals surface area contributed by atoms with Crippen LogP contribution in [0.3, 0.4) is 0 Å². The van der Waals surface area contributed by atoms with Crippen LogP contribution >= 0.6 is 15.9 Å². The number of anilines is 1. The zero-order valence-corrected chi connectivity index (χ0v) is 10.7. The molecule has 0 spiro atoms. The smallest absolute Gasteiger partial charge is 0.0702 e. The maximum Gasteiger partial charge on any atom is 0.0702 e. The minimum absolute atomic E-state index is 0.0390. The van der Waals surface area contributed by atoms with Crippen LogP contribution in [-0.2, 0) is 6.61 Å². The molecule has 1 aliphatic carbocycles. The van der Waals surface area contributed by atoms with Gasteiger partial charge in [0, 0.05) is 28.3 Å². The molecule has 1 aliphatic rings. The quantitative estimate of drug-likeness (QED) is 0.869. The molecule has 0 bridgehead atoms. The first kappa shape index (κ1) is 11.9. The van der Waals surface area contributed by atoms with E-state index in [2.05, 4.69) is 20.8 Å². The van der Waals surface area contributed by atoms with Crippen molar-refractivity contribution in [3.05, 3.63) is 28.2 Å². The zero-order valence-electron chi connectivity index (χ0n) is 9.06. The number of aliphatic hydroxyl groups is 2. The van der Waals surface area contributed by atoms with Crippen LogP contribution in [0.25, 0.3) is 0 Å². The number of hydrogen-bond acceptors (Lipinski definition) is 3. The lowest BCUT2D eigenvalue weighted by atomic mass is 10.1. The Balaban J connectivity index is 2.30. The van der Waals surface area contributed by atoms with Crippen LogP contribution in [0.1, 0.15) is 18.4 Å². The van der Waals surface area contributed by atoms with Gasteiger partial charge in [0.15, 0.2) is 0 Å². The lowest BCUT2D eigenvalue weighted by Crippen LogP contribution is -2.29. The van der Waals surface area contributed by atoms with Gasteiger partial charge in [-0.2, -0.15) is 0 Å². The van der Waals surface area contributed by atoms with E-state index < -0.39 is 0 Å². The summed E-state index contributed by atoms with van der Waals surface area (Å²) < 4.78 is 1.00. The van der Waals surface area contributed by atoms with Gasteiger partial charge in [-0.15, -0.1) is 0 Å². The summed E-state index contributed by atoms with van der Waals surface area (Å²) >= 11 is 3.44. The fourth-order valence-electron chi connectivity index (χ4n) is 1.93. The molecule has 0 aromatic heterocycles. The van der Waals surface area contributed by atoms with Crippen LogP contribution in [0.5, 0.6) is 0 Å². The molecule has 16 heavy (non-hydrogen) atoms. The van der Waals surface area contributed by atoms with E-state index in [9.17, 15) is 5.11 Å². The third-order valence-electron chi connectivity index (χ3n) is 2.86. The van der Waals surface area contributed by atoms with Crippen molar-refractivity contribution in [2.24, 2.45) is 0 Å². The fourth-order valence-corrected chi connectivity index (χ4v) is 2.28. The predicted octanol–water partition coefficient (Wildman–Crippen LogP) is 1.90. The van der Waals surface area contributed by atoms with Crippen molar-refractivity contribution in [1.29, 1.82) is 0 Å². The molecule has 88 valence electrons. The molecule has 0 radical (unpaired) electrons. The van der Waals surface area contributed by atoms with Crippen LogP contribution in [0, 0.1) is 0 Å². The van der Waals surface area contributed by atoms with E-state index in [0.717, 1.165) is 15.7 Å². The van der Waals surface area contributed by atoms with Crippen molar-refractivity contribution >= 4 is 21.6 Å². The second-order valence-electron chi connectivity index (χ2n) is 4.08. The number of rotatable bonds is 5. The lowest BCUT2D eigenvalue weighted by molar-refractivity contribution is 0.280. The third-order valence-corrected chi connectivity index (χ3v) is 3.35. The molecule has 0 heterocycles. The highest BCUT2D eigenvalue weighted by Gasteiger charge is 2.29. The number of benzene rings is 1. The molecule has 0 aliphatic heterocycles. The van der Waals surface area contributed by atoms with Gasteiger partial charge in [-0.1, -0.05) is 22.0 Å². The van der Waals surface area contributed by atoms with Gasteiger partial charge in [0.05, 0.1) is 13.2 Å². The normalized spacial score (nSPS) is 15.2. The minimum atomic E-state index is 0.0390. The molecule has 3 nitrogen and oxygen atoms in total. The summed E-state index contributed by atoms with van der Waals surface area (Å²) in [5.74, 6) is 0. The summed E-state index contributed by atoms with van der Waals surface area (Å²) in [6.07, 6.45) is 2.36. The Morgan fingerprint density at radius 3 is 2.62 bits per heavy atom. The van der Waals surface area contributed by atoms with Crippen molar-refractivity contribution < 1.29 is 10.2 Å². The van der Waals surface area contributed by atoms with Crippen LogP contribution in [-0.4, -0.2) is 29.4 Å². The molecule has 0 atom stereocenters. The summed E-state index contributed by atoms with van der Waals surface area (Å²) in [6, 6.07) is 6.40. The molecule has 1 saturated carbocycles. The molecule has 2 rings (SSSR count). The second kappa shape index (κ2) is 5.17. The highest BCUT2D eigenvalue weighted by Crippen LogP contribution is 2.34. The van der Waals surface area contributed by atoms with Gasteiger partial charge in [0.25, 0.3) is 0 Å². The first-order valence-electron chi connectivity index (χ1n) is 5.53. The van der Waals surface area contributed by atoms with Crippen LogP contribution in [0.4, 0.5) is 5.69 Å². The van der Waals surface area contributed by atoms with Gasteiger partial charge in [-0.25, -0.2) is 0 Å². The summed E-state index contributed by atoms with van der Waals surface area (Å²) in [5, 5.41) is 18.4. The monoisotopic (exact) mass is 285 g/mol. The third kappa shape index (κ3) is 2.56. The summed E-state index contributed by atoms with van der Waals surface area (Å²) in [4.78, 5) is 2.19. The molecular formula is C12H16BrNO2. The minimum Gasteiger partial charge on any atom is -0.395 e. The van der Waals surface area contributed by atoms with Crippen LogP contribution in [0.2, 0.25) is 0 Å². The first-order valence-corrected chi connectivity index (χ1v) is 6.32. The van der Waals surface area contributed by atoms with Crippen molar-refractivity contribution in [2.45, 2.75) is 25.5 Å². The van der Waals surface area contributed by atoms with Gasteiger partial charge in [0.2, 0.25) is 0 Å². The number of aliphatic hydroxyl groups excluding tert-OH is 2. The van der Waals surface area contributed by atoms with E-state index in [1.807, 2.05) is 18.2 Å². The summed E-state index contributed by atoms with van der Waals surface area (Å²) in [7, 11) is 0. The molecule has 1 aromatic rings. The Morgan fingerprint density at radius 2 is 2.06 bits per heavy atom. The number of hydrogen-bond donors (Lipinski definition) is 2. The predicted molar refractivity (Wildman–Crippen MR) is 67.5 cm³/mol. The van der Waals surface area contributed by atoms with Gasteiger partial charge in [0.1, 0.15) is 0 Å². The summed E-state index contributed by atoms with van der Waals surface area (Å²) in [5.41, 5.74) is 1.96. The van der Waals surface area contributed by atoms with E-state index in [0.29, 0.717) is 12.6 Å². The molecule has 1 fully saturated rings. The molecule has 2 N–H and O–H groups in total. The van der Waals surface area contributed by atoms with Crippen LogP contribution < -0.4 is 4.90 Å². The SMILES string of the molecule is OCCN(c1cc(Br)ccc1CO)C1CC1. The molecule has 0 unspecified atom stereocenters. The maximum atomic E-state index is 9.32. The first-order chi connectivity index (χ1) is 7.76. The van der Waals surface area contributed by atoms with Gasteiger partial charge in [-0.3, -0.25) is 0 Å². The summed E-state index contributed by atoms with van der Waals surface area (Å²) in [6.45, 7) is 0.819. The largest absolute Gasteiger partial charge is 0.395 e. The van der Waals surface area contributed by atoms with Gasteiger partial charge >= 0.3 is 0 Å². The Bertz CT molecular complexity index is 366. The molecule has 0 amide bonds. The average molecular weight is 286 g/mol. The number of halogens is 1. The van der Waals surface area contributed by atoms with E-state index in [-0.39, 0.29) is 13.2 Å². The highest BCUT2D eigenvalue weighted by molar-refractivity contribution is 9.10. The van der Waals surface area contributed by atoms with Gasteiger partial charge in [-0.05, 0) is 25.0 Å². The van der Waals surface area contributed by atoms with E-state index in [1.54, 1.807) is 0 Å². The van der Waals surface area contributed by atoms with Gasteiger partial charge < -0.3 is 15.1 Å². The zero-order chi connectivity index (χ0) is 11.5. The van der Waals surface area contributed by atoms with Crippen molar-refractivity contribution in [1.82, 2.24) is 0 Å². The van der Waals surface area contributed by atoms with Crippen molar-refractivity contribution in [3.8, 4) is 0 Å². The van der Waals surface area contributed by atoms with E-state index in [1.165, 1.54) is 12.8 Å². The fraction of sp³-hybridized carbons (Fsp3) is 0.500. The molecular weight excluding hydrogens is 270 g/mol. The van der Waals surface area contributed by atoms with Crippen molar-refractivity contribution in [3.63, 3.8) is 0 Å². The Hall–Kier alpha value is -0.580. The average Bonchev–Trinajstić information content (AvgIpc) is 3.10. The van der Waals surface area contributed by atoms with E-state index >= 15 is 0 Å². The molecule has 1 aromatic carbocycles. The maximum absolute atomic E-state index is 9.32. The Morgan fingerprint density at radius 1 is 1.31 bits per heavy atom. The Labute approximate surface area is 104 Å².